The number of thioether (sulfide) groups is 1. The van der Waals surface area contributed by atoms with Gasteiger partial charge in [0, 0.05) is 44.5 Å². The summed E-state index contributed by atoms with van der Waals surface area (Å²) < 4.78 is 0. The van der Waals surface area contributed by atoms with E-state index in [4.69, 9.17) is 0 Å². The van der Waals surface area contributed by atoms with Gasteiger partial charge in [0.25, 0.3) is 0 Å². The van der Waals surface area contributed by atoms with Crippen molar-refractivity contribution in [1.82, 2.24) is 15.1 Å². The summed E-state index contributed by atoms with van der Waals surface area (Å²) in [6.45, 7) is 8.10. The maximum atomic E-state index is 3.55. The highest BCUT2D eigenvalue weighted by Gasteiger charge is 2.21. The predicted octanol–water partition coefficient (Wildman–Crippen LogP) is 0.575. The normalized spacial score (nSPS) is 24.6. The number of piperazine rings is 1. The van der Waals surface area contributed by atoms with Crippen molar-refractivity contribution in [2.75, 3.05) is 58.3 Å². The summed E-state index contributed by atoms with van der Waals surface area (Å²) in [5.74, 6) is 2.47. The number of nitrogens with one attached hydrogen (secondary N) is 1. The highest BCUT2D eigenvalue weighted by Crippen LogP contribution is 2.04. The Morgan fingerprint density at radius 3 is 2.87 bits per heavy atom. The van der Waals surface area contributed by atoms with Crippen molar-refractivity contribution in [1.29, 1.82) is 0 Å². The molecule has 0 saturated carbocycles. The van der Waals surface area contributed by atoms with Crippen LogP contribution in [0.25, 0.3) is 0 Å². The summed E-state index contributed by atoms with van der Waals surface area (Å²) in [5.41, 5.74) is 0. The van der Waals surface area contributed by atoms with E-state index in [-0.39, 0.29) is 0 Å². The van der Waals surface area contributed by atoms with Crippen molar-refractivity contribution in [3.63, 3.8) is 0 Å². The van der Waals surface area contributed by atoms with Crippen molar-refractivity contribution < 1.29 is 0 Å². The maximum Gasteiger partial charge on any atom is 0.0345 e. The van der Waals surface area contributed by atoms with Crippen LogP contribution < -0.4 is 5.32 Å². The Labute approximate surface area is 98.6 Å². The first kappa shape index (κ1) is 13.3. The fraction of sp³-hybridized carbons (Fsp3) is 1.00. The van der Waals surface area contributed by atoms with Crippen LogP contribution in [0.15, 0.2) is 0 Å². The van der Waals surface area contributed by atoms with Crippen molar-refractivity contribution in [3.05, 3.63) is 0 Å². The Hall–Kier alpha value is 0.230. The monoisotopic (exact) mass is 231 g/mol. The van der Waals surface area contributed by atoms with Gasteiger partial charge in [-0.1, -0.05) is 6.92 Å². The minimum Gasteiger partial charge on any atom is -0.314 e. The topological polar surface area (TPSA) is 18.5 Å². The lowest BCUT2D eigenvalue weighted by atomic mass is 10.2. The number of likely N-dealkylation sites (N-methyl/N-ethyl adjacent to an activating group) is 2. The van der Waals surface area contributed by atoms with Gasteiger partial charge < -0.3 is 10.2 Å². The number of rotatable bonds is 6. The first-order valence-corrected chi connectivity index (χ1v) is 7.06. The summed E-state index contributed by atoms with van der Waals surface area (Å²) in [6, 6.07) is 0.690. The number of hydrogen-bond donors (Lipinski definition) is 1. The van der Waals surface area contributed by atoms with E-state index in [2.05, 4.69) is 36.1 Å². The molecule has 1 aliphatic heterocycles. The molecule has 90 valence electrons. The summed E-state index contributed by atoms with van der Waals surface area (Å²) in [5, 5.41) is 3.55. The highest BCUT2D eigenvalue weighted by atomic mass is 32.2. The van der Waals surface area contributed by atoms with E-state index in [1.807, 2.05) is 11.8 Å². The number of nitrogens with zero attached hydrogens (tertiary/aromatic N) is 2. The average molecular weight is 231 g/mol. The Balaban J connectivity index is 2.08. The SMILES string of the molecule is CCSCCNCC1CN(C)CCN1C. The van der Waals surface area contributed by atoms with Gasteiger partial charge in [0.2, 0.25) is 0 Å². The van der Waals surface area contributed by atoms with Crippen molar-refractivity contribution >= 4 is 11.8 Å². The van der Waals surface area contributed by atoms with E-state index in [1.54, 1.807) is 0 Å². The zero-order chi connectivity index (χ0) is 11.1. The number of hydrogen-bond acceptors (Lipinski definition) is 4. The fourth-order valence-corrected chi connectivity index (χ4v) is 2.46. The fourth-order valence-electron chi connectivity index (χ4n) is 1.88. The van der Waals surface area contributed by atoms with Gasteiger partial charge >= 0.3 is 0 Å². The van der Waals surface area contributed by atoms with Gasteiger partial charge in [-0.05, 0) is 19.8 Å². The summed E-state index contributed by atoms with van der Waals surface area (Å²) in [6.07, 6.45) is 0. The quantitative estimate of drug-likeness (QED) is 0.674. The average Bonchev–Trinajstić information content (AvgIpc) is 2.23. The Kier molecular flexibility index (Phi) is 6.64. The zero-order valence-corrected chi connectivity index (χ0v) is 11.1. The van der Waals surface area contributed by atoms with Gasteiger partial charge in [-0.3, -0.25) is 4.90 Å². The van der Waals surface area contributed by atoms with Crippen molar-refractivity contribution in [2.24, 2.45) is 0 Å². The molecule has 0 aromatic carbocycles. The lowest BCUT2D eigenvalue weighted by molar-refractivity contribution is 0.114. The molecule has 0 amide bonds. The molecule has 0 aliphatic carbocycles. The van der Waals surface area contributed by atoms with Crippen molar-refractivity contribution in [3.8, 4) is 0 Å². The zero-order valence-electron chi connectivity index (χ0n) is 10.3. The van der Waals surface area contributed by atoms with Crippen LogP contribution in [0.2, 0.25) is 0 Å². The Morgan fingerprint density at radius 1 is 1.33 bits per heavy atom. The van der Waals surface area contributed by atoms with Gasteiger partial charge in [-0.25, -0.2) is 0 Å². The minimum atomic E-state index is 0.690. The van der Waals surface area contributed by atoms with Gasteiger partial charge in [-0.2, -0.15) is 11.8 Å². The van der Waals surface area contributed by atoms with Crippen LogP contribution in [0.1, 0.15) is 6.92 Å². The van der Waals surface area contributed by atoms with Gasteiger partial charge in [-0.15, -0.1) is 0 Å². The third kappa shape index (κ3) is 5.20. The third-order valence-electron chi connectivity index (χ3n) is 2.99. The second-order valence-corrected chi connectivity index (χ2v) is 5.69. The van der Waals surface area contributed by atoms with Gasteiger partial charge in [0.15, 0.2) is 0 Å². The van der Waals surface area contributed by atoms with E-state index in [1.165, 1.54) is 31.1 Å². The third-order valence-corrected chi connectivity index (χ3v) is 3.89. The molecule has 15 heavy (non-hydrogen) atoms. The predicted molar refractivity (Wildman–Crippen MR) is 69.8 cm³/mol. The smallest absolute Gasteiger partial charge is 0.0345 e. The summed E-state index contributed by atoms with van der Waals surface area (Å²) >= 11 is 2.01. The molecule has 0 aromatic rings. The van der Waals surface area contributed by atoms with Crippen LogP contribution in [-0.2, 0) is 0 Å². The molecule has 1 rings (SSSR count). The molecular formula is C11H25N3S. The molecule has 4 heteroatoms. The van der Waals surface area contributed by atoms with E-state index in [9.17, 15) is 0 Å². The van der Waals surface area contributed by atoms with Crippen LogP contribution in [0.5, 0.6) is 0 Å². The maximum absolute atomic E-state index is 3.55. The molecule has 1 N–H and O–H groups in total. The Bertz CT molecular complexity index is 166. The Morgan fingerprint density at radius 2 is 2.13 bits per heavy atom. The lowest BCUT2D eigenvalue weighted by Gasteiger charge is -2.37. The standard InChI is InChI=1S/C11H25N3S/c1-4-15-8-5-12-9-11-10-13(2)6-7-14(11)3/h11-12H,4-10H2,1-3H3. The molecule has 1 atom stereocenters. The second kappa shape index (κ2) is 7.49. The molecule has 0 aromatic heterocycles. The molecule has 1 heterocycles. The molecular weight excluding hydrogens is 206 g/mol. The molecule has 0 spiro atoms. The van der Waals surface area contributed by atoms with Gasteiger partial charge in [0.05, 0.1) is 0 Å². The molecule has 1 aliphatic rings. The molecule has 0 bridgehead atoms. The summed E-state index contributed by atoms with van der Waals surface area (Å²) in [4.78, 5) is 4.90. The molecule has 1 saturated heterocycles. The van der Waals surface area contributed by atoms with Crippen LogP contribution in [-0.4, -0.2) is 74.2 Å². The van der Waals surface area contributed by atoms with E-state index in [0.717, 1.165) is 13.1 Å². The molecule has 1 fully saturated rings. The van der Waals surface area contributed by atoms with Crippen LogP contribution >= 0.6 is 11.8 Å². The van der Waals surface area contributed by atoms with Crippen LogP contribution in [0.3, 0.4) is 0 Å². The van der Waals surface area contributed by atoms with Crippen LogP contribution in [0, 0.1) is 0 Å². The minimum absolute atomic E-state index is 0.690. The van der Waals surface area contributed by atoms with Crippen LogP contribution in [0.4, 0.5) is 0 Å². The van der Waals surface area contributed by atoms with E-state index in [0.29, 0.717) is 6.04 Å². The summed E-state index contributed by atoms with van der Waals surface area (Å²) in [7, 11) is 4.45. The molecule has 3 nitrogen and oxygen atoms in total. The van der Waals surface area contributed by atoms with Crippen molar-refractivity contribution in [2.45, 2.75) is 13.0 Å². The van der Waals surface area contributed by atoms with Gasteiger partial charge in [0.1, 0.15) is 0 Å². The van der Waals surface area contributed by atoms with E-state index >= 15 is 0 Å². The largest absolute Gasteiger partial charge is 0.314 e. The second-order valence-electron chi connectivity index (χ2n) is 4.30. The molecule has 0 radical (unpaired) electrons. The lowest BCUT2D eigenvalue weighted by Crippen LogP contribution is -2.53. The first-order chi connectivity index (χ1) is 7.24. The van der Waals surface area contributed by atoms with E-state index < -0.39 is 0 Å². The first-order valence-electron chi connectivity index (χ1n) is 5.91. The highest BCUT2D eigenvalue weighted by molar-refractivity contribution is 7.99. The molecule has 1 unspecified atom stereocenters.